The van der Waals surface area contributed by atoms with Gasteiger partial charge in [-0.25, -0.2) is 0 Å². The van der Waals surface area contributed by atoms with Crippen molar-refractivity contribution < 1.29 is 10.2 Å². The van der Waals surface area contributed by atoms with Crippen LogP contribution >= 0.6 is 0 Å². The smallest absolute Gasteiger partial charge is 0.115 e. The molecule has 0 heterocycles. The van der Waals surface area contributed by atoms with Crippen LogP contribution in [-0.2, 0) is 0 Å². The maximum Gasteiger partial charge on any atom is 0.115 e. The maximum atomic E-state index is 9.78. The number of hydrogen-bond donors (Lipinski definition) is 2. The van der Waals surface area contributed by atoms with Gasteiger partial charge in [0, 0.05) is 17.1 Å². The van der Waals surface area contributed by atoms with Gasteiger partial charge in [-0.3, -0.25) is 0 Å². The topological polar surface area (TPSA) is 43.7 Å². The number of aryl methyl sites for hydroxylation is 2. The Morgan fingerprint density at radius 2 is 0.838 bits per heavy atom. The Balaban J connectivity index is 1.55. The van der Waals surface area contributed by atoms with E-state index in [1.807, 2.05) is 24.3 Å². The summed E-state index contributed by atoms with van der Waals surface area (Å²) in [6.07, 6.45) is 2.13. The van der Waals surface area contributed by atoms with E-state index in [9.17, 15) is 10.2 Å². The average molecular weight is 484 g/mol. The van der Waals surface area contributed by atoms with Crippen LogP contribution in [0.4, 0.5) is 17.1 Å². The minimum Gasteiger partial charge on any atom is -0.508 e. The van der Waals surface area contributed by atoms with Gasteiger partial charge in [0.2, 0.25) is 0 Å². The highest BCUT2D eigenvalue weighted by atomic mass is 16.3. The van der Waals surface area contributed by atoms with Gasteiger partial charge < -0.3 is 15.1 Å². The van der Waals surface area contributed by atoms with Crippen LogP contribution in [0.1, 0.15) is 27.8 Å². The lowest BCUT2D eigenvalue weighted by Crippen LogP contribution is -2.09. The lowest BCUT2D eigenvalue weighted by atomic mass is 9.95. The van der Waals surface area contributed by atoms with Crippen LogP contribution in [0.3, 0.4) is 0 Å². The van der Waals surface area contributed by atoms with Gasteiger partial charge >= 0.3 is 0 Å². The molecule has 0 aliphatic rings. The number of aromatic hydroxyl groups is 2. The highest BCUT2D eigenvalue weighted by Gasteiger charge is 2.13. The van der Waals surface area contributed by atoms with Crippen LogP contribution in [0.2, 0.25) is 0 Å². The first kappa shape index (κ1) is 24.0. The number of phenols is 2. The van der Waals surface area contributed by atoms with Gasteiger partial charge in [-0.05, 0) is 103 Å². The van der Waals surface area contributed by atoms with Gasteiger partial charge in [0.1, 0.15) is 11.5 Å². The fourth-order valence-electron chi connectivity index (χ4n) is 4.34. The van der Waals surface area contributed by atoms with E-state index >= 15 is 0 Å². The Kier molecular flexibility index (Phi) is 6.78. The molecular formula is C34H29NO2. The number of rotatable bonds is 6. The summed E-state index contributed by atoms with van der Waals surface area (Å²) < 4.78 is 0. The number of phenolic OH excluding ortho intramolecular Hbond substituents is 2. The zero-order valence-corrected chi connectivity index (χ0v) is 21.0. The quantitative estimate of drug-likeness (QED) is 0.237. The Labute approximate surface area is 218 Å². The second-order valence-corrected chi connectivity index (χ2v) is 9.25. The third-order valence-electron chi connectivity index (χ3n) is 6.40. The zero-order chi connectivity index (χ0) is 25.8. The summed E-state index contributed by atoms with van der Waals surface area (Å²) in [5, 5.41) is 19.6. The number of anilines is 3. The van der Waals surface area contributed by atoms with Crippen LogP contribution in [0.5, 0.6) is 11.5 Å². The zero-order valence-electron chi connectivity index (χ0n) is 21.0. The standard InChI is InChI=1S/C34H29NO2/c1-24-3-13-29(14-4-24)35(30-15-5-25(2)6-16-30)31-17-7-26(8-18-31)23-34(27-9-19-32(36)20-10-27)28-11-21-33(37)22-12-28/h3-23,36-37H,1-2H3. The highest BCUT2D eigenvalue weighted by Crippen LogP contribution is 2.35. The predicted octanol–water partition coefficient (Wildman–Crippen LogP) is 8.77. The first-order valence-electron chi connectivity index (χ1n) is 12.3. The van der Waals surface area contributed by atoms with E-state index in [4.69, 9.17) is 0 Å². The summed E-state index contributed by atoms with van der Waals surface area (Å²) in [6.45, 7) is 4.20. The molecule has 5 rings (SSSR count). The molecule has 3 heteroatoms. The molecule has 2 N–H and O–H groups in total. The summed E-state index contributed by atoms with van der Waals surface area (Å²) in [4.78, 5) is 2.26. The van der Waals surface area contributed by atoms with Crippen molar-refractivity contribution in [3.05, 3.63) is 149 Å². The molecule has 5 aromatic carbocycles. The summed E-state index contributed by atoms with van der Waals surface area (Å²) in [5.41, 5.74) is 9.74. The number of benzene rings is 5. The first-order valence-corrected chi connectivity index (χ1v) is 12.3. The van der Waals surface area contributed by atoms with Crippen LogP contribution < -0.4 is 4.90 Å². The summed E-state index contributed by atoms with van der Waals surface area (Å²) in [6, 6.07) is 40.0. The molecule has 0 saturated heterocycles. The molecule has 0 unspecified atom stereocenters. The molecule has 5 aromatic rings. The molecule has 0 saturated carbocycles. The molecule has 0 fully saturated rings. The third kappa shape index (κ3) is 5.57. The van der Waals surface area contributed by atoms with Gasteiger partial charge in [0.05, 0.1) is 0 Å². The Bertz CT molecular complexity index is 1410. The molecule has 0 aliphatic heterocycles. The van der Waals surface area contributed by atoms with Crippen molar-refractivity contribution in [2.45, 2.75) is 13.8 Å². The molecule has 0 atom stereocenters. The van der Waals surface area contributed by atoms with E-state index < -0.39 is 0 Å². The lowest BCUT2D eigenvalue weighted by Gasteiger charge is -2.26. The molecule has 37 heavy (non-hydrogen) atoms. The van der Waals surface area contributed by atoms with Crippen molar-refractivity contribution in [3.8, 4) is 11.5 Å². The van der Waals surface area contributed by atoms with Crippen molar-refractivity contribution in [2.75, 3.05) is 4.90 Å². The van der Waals surface area contributed by atoms with E-state index in [1.54, 1.807) is 24.3 Å². The normalized spacial score (nSPS) is 10.6. The predicted molar refractivity (Wildman–Crippen MR) is 154 cm³/mol. The van der Waals surface area contributed by atoms with Crippen molar-refractivity contribution in [1.82, 2.24) is 0 Å². The fourth-order valence-corrected chi connectivity index (χ4v) is 4.34. The summed E-state index contributed by atoms with van der Waals surface area (Å²) >= 11 is 0. The molecule has 0 amide bonds. The molecule has 0 aromatic heterocycles. The molecule has 0 aliphatic carbocycles. The molecule has 0 radical (unpaired) electrons. The molecule has 0 spiro atoms. The van der Waals surface area contributed by atoms with E-state index in [2.05, 4.69) is 97.6 Å². The fraction of sp³-hybridized carbons (Fsp3) is 0.0588. The molecule has 182 valence electrons. The summed E-state index contributed by atoms with van der Waals surface area (Å²) in [5.74, 6) is 0.455. The molecular weight excluding hydrogens is 454 g/mol. The number of hydrogen-bond acceptors (Lipinski definition) is 3. The molecule has 3 nitrogen and oxygen atoms in total. The van der Waals surface area contributed by atoms with Crippen LogP contribution in [-0.4, -0.2) is 10.2 Å². The van der Waals surface area contributed by atoms with Gasteiger partial charge in [0.25, 0.3) is 0 Å². The number of nitrogens with zero attached hydrogens (tertiary/aromatic N) is 1. The largest absolute Gasteiger partial charge is 0.508 e. The van der Waals surface area contributed by atoms with Gasteiger partial charge in [0.15, 0.2) is 0 Å². The van der Waals surface area contributed by atoms with Gasteiger partial charge in [-0.2, -0.15) is 0 Å². The second kappa shape index (κ2) is 10.5. The van der Waals surface area contributed by atoms with E-state index in [-0.39, 0.29) is 11.5 Å². The van der Waals surface area contributed by atoms with Crippen molar-refractivity contribution >= 4 is 28.7 Å². The lowest BCUT2D eigenvalue weighted by molar-refractivity contribution is 0.475. The van der Waals surface area contributed by atoms with Crippen LogP contribution in [0.15, 0.2) is 121 Å². The van der Waals surface area contributed by atoms with E-state index in [1.165, 1.54) is 11.1 Å². The third-order valence-corrected chi connectivity index (χ3v) is 6.40. The van der Waals surface area contributed by atoms with Gasteiger partial charge in [-0.1, -0.05) is 71.8 Å². The summed E-state index contributed by atoms with van der Waals surface area (Å²) in [7, 11) is 0. The average Bonchev–Trinajstić information content (AvgIpc) is 2.92. The van der Waals surface area contributed by atoms with E-state index in [0.717, 1.165) is 39.3 Å². The Morgan fingerprint density at radius 1 is 0.486 bits per heavy atom. The first-order chi connectivity index (χ1) is 18.0. The van der Waals surface area contributed by atoms with Crippen molar-refractivity contribution in [2.24, 2.45) is 0 Å². The van der Waals surface area contributed by atoms with Crippen molar-refractivity contribution in [1.29, 1.82) is 0 Å². The minimum atomic E-state index is 0.227. The Hall–Kier alpha value is -4.76. The highest BCUT2D eigenvalue weighted by molar-refractivity contribution is 5.92. The van der Waals surface area contributed by atoms with Crippen LogP contribution in [0, 0.1) is 13.8 Å². The minimum absolute atomic E-state index is 0.227. The van der Waals surface area contributed by atoms with E-state index in [0.29, 0.717) is 0 Å². The van der Waals surface area contributed by atoms with Gasteiger partial charge in [-0.15, -0.1) is 0 Å². The monoisotopic (exact) mass is 483 g/mol. The molecule has 0 bridgehead atoms. The second-order valence-electron chi connectivity index (χ2n) is 9.25. The van der Waals surface area contributed by atoms with Crippen molar-refractivity contribution in [3.63, 3.8) is 0 Å². The SMILES string of the molecule is Cc1ccc(N(c2ccc(C)cc2)c2ccc(C=C(c3ccc(O)cc3)c3ccc(O)cc3)cc2)cc1. The Morgan fingerprint density at radius 3 is 1.22 bits per heavy atom. The van der Waals surface area contributed by atoms with Crippen LogP contribution in [0.25, 0.3) is 11.6 Å². The maximum absolute atomic E-state index is 9.78.